The monoisotopic (exact) mass is 263 g/mol. The van der Waals surface area contributed by atoms with Gasteiger partial charge in [-0.25, -0.2) is 4.68 Å². The van der Waals surface area contributed by atoms with E-state index < -0.39 is 0 Å². The highest BCUT2D eigenvalue weighted by atomic mass is 16.5. The minimum atomic E-state index is 0.0364. The Hall–Kier alpha value is -0.900. The zero-order valence-corrected chi connectivity index (χ0v) is 12.5. The van der Waals surface area contributed by atoms with Crippen molar-refractivity contribution in [1.82, 2.24) is 15.0 Å². The van der Waals surface area contributed by atoms with Crippen molar-refractivity contribution in [3.8, 4) is 0 Å². The third-order valence-electron chi connectivity index (χ3n) is 4.78. The van der Waals surface area contributed by atoms with Crippen LogP contribution < -0.4 is 0 Å². The summed E-state index contributed by atoms with van der Waals surface area (Å²) in [6.45, 7) is 7.54. The van der Waals surface area contributed by atoms with Gasteiger partial charge in [-0.3, -0.25) is 0 Å². The number of ether oxygens (including phenoxy) is 1. The lowest BCUT2D eigenvalue weighted by Gasteiger charge is -2.22. The molecule has 1 aromatic rings. The first-order valence-corrected chi connectivity index (χ1v) is 7.45. The Morgan fingerprint density at radius 2 is 1.89 bits per heavy atom. The molecule has 1 heterocycles. The summed E-state index contributed by atoms with van der Waals surface area (Å²) < 4.78 is 7.48. The molecule has 106 valence electrons. The molecule has 0 spiro atoms. The smallest absolute Gasteiger partial charge is 0.0859 e. The first-order valence-electron chi connectivity index (χ1n) is 7.45. The van der Waals surface area contributed by atoms with Gasteiger partial charge < -0.3 is 4.74 Å². The Morgan fingerprint density at radius 1 is 1.21 bits per heavy atom. The molecule has 3 rings (SSSR count). The number of hydrogen-bond donors (Lipinski definition) is 0. The number of aryl methyl sites for hydroxylation is 1. The Balaban J connectivity index is 1.78. The fourth-order valence-corrected chi connectivity index (χ4v) is 3.74. The maximum Gasteiger partial charge on any atom is 0.0859 e. The van der Waals surface area contributed by atoms with Crippen LogP contribution >= 0.6 is 0 Å². The molecule has 0 aromatic carbocycles. The van der Waals surface area contributed by atoms with Gasteiger partial charge in [0, 0.05) is 13.7 Å². The fraction of sp³-hybridized carbons (Fsp3) is 0.867. The maximum atomic E-state index is 5.34. The highest BCUT2D eigenvalue weighted by Crippen LogP contribution is 2.52. The Labute approximate surface area is 115 Å². The summed E-state index contributed by atoms with van der Waals surface area (Å²) in [5.74, 6) is 2.54. The first-order chi connectivity index (χ1) is 9.02. The second kappa shape index (κ2) is 4.58. The third kappa shape index (κ3) is 2.31. The lowest BCUT2D eigenvalue weighted by Crippen LogP contribution is -2.26. The average molecular weight is 263 g/mol. The van der Waals surface area contributed by atoms with Gasteiger partial charge in [0.2, 0.25) is 0 Å². The van der Waals surface area contributed by atoms with Gasteiger partial charge in [-0.1, -0.05) is 5.21 Å². The molecule has 1 fully saturated rings. The van der Waals surface area contributed by atoms with Gasteiger partial charge in [0.1, 0.15) is 0 Å². The molecule has 0 N–H and O–H groups in total. The van der Waals surface area contributed by atoms with Crippen molar-refractivity contribution in [2.75, 3.05) is 13.7 Å². The molecule has 3 unspecified atom stereocenters. The van der Waals surface area contributed by atoms with E-state index in [4.69, 9.17) is 4.74 Å². The average Bonchev–Trinajstić information content (AvgIpc) is 2.78. The van der Waals surface area contributed by atoms with Crippen molar-refractivity contribution in [3.05, 3.63) is 11.4 Å². The largest absolute Gasteiger partial charge is 0.384 e. The number of methoxy groups -OCH3 is 1. The lowest BCUT2D eigenvalue weighted by molar-refractivity contribution is 0.176. The van der Waals surface area contributed by atoms with E-state index in [2.05, 4.69) is 35.8 Å². The van der Waals surface area contributed by atoms with Crippen molar-refractivity contribution in [3.63, 3.8) is 0 Å². The number of rotatable bonds is 2. The lowest BCUT2D eigenvalue weighted by atomic mass is 10.00. The summed E-state index contributed by atoms with van der Waals surface area (Å²) in [6.07, 6.45) is 4.75. The van der Waals surface area contributed by atoms with Crippen LogP contribution in [0.25, 0.3) is 0 Å². The number of aromatic nitrogens is 3. The Morgan fingerprint density at radius 3 is 2.53 bits per heavy atom. The van der Waals surface area contributed by atoms with Gasteiger partial charge in [-0.15, -0.1) is 5.10 Å². The van der Waals surface area contributed by atoms with Gasteiger partial charge in [-0.2, -0.15) is 0 Å². The fourth-order valence-electron chi connectivity index (χ4n) is 3.74. The number of fused-ring (bicyclic) bond motifs is 2. The van der Waals surface area contributed by atoms with Crippen molar-refractivity contribution in [2.45, 2.75) is 52.0 Å². The normalized spacial score (nSPS) is 30.2. The zero-order chi connectivity index (χ0) is 13.6. The van der Waals surface area contributed by atoms with Crippen LogP contribution in [0.2, 0.25) is 0 Å². The molecule has 0 radical (unpaired) electrons. The highest BCUT2D eigenvalue weighted by molar-refractivity contribution is 5.16. The quantitative estimate of drug-likeness (QED) is 0.822. The van der Waals surface area contributed by atoms with E-state index in [1.54, 1.807) is 0 Å². The van der Waals surface area contributed by atoms with Crippen LogP contribution in [-0.2, 0) is 23.1 Å². The summed E-state index contributed by atoms with van der Waals surface area (Å²) in [7, 11) is 1.82. The van der Waals surface area contributed by atoms with Crippen molar-refractivity contribution in [2.24, 2.45) is 17.8 Å². The van der Waals surface area contributed by atoms with E-state index in [9.17, 15) is 0 Å². The predicted octanol–water partition coefficient (Wildman–Crippen LogP) is 2.42. The van der Waals surface area contributed by atoms with Crippen LogP contribution in [0.15, 0.2) is 0 Å². The molecule has 3 atom stereocenters. The summed E-state index contributed by atoms with van der Waals surface area (Å²) in [5, 5.41) is 8.82. The van der Waals surface area contributed by atoms with Gasteiger partial charge in [0.05, 0.1) is 16.9 Å². The molecule has 0 bridgehead atoms. The zero-order valence-electron chi connectivity index (χ0n) is 12.5. The van der Waals surface area contributed by atoms with E-state index in [0.717, 1.165) is 37.2 Å². The van der Waals surface area contributed by atoms with Crippen molar-refractivity contribution < 1.29 is 4.74 Å². The summed E-state index contributed by atoms with van der Waals surface area (Å²) in [6, 6.07) is 0. The molecule has 1 aromatic heterocycles. The standard InChI is InChI=1S/C15H25N3O/c1-15(2,3)18-14-8-6-11-10(12(11)9-19-4)5-7-13(14)16-17-18/h10-12H,5-9H2,1-4H3. The number of nitrogens with zero attached hydrogens (tertiary/aromatic N) is 3. The molecule has 4 heteroatoms. The van der Waals surface area contributed by atoms with Crippen LogP contribution in [0.4, 0.5) is 0 Å². The molecular weight excluding hydrogens is 238 g/mol. The molecule has 0 amide bonds. The van der Waals surface area contributed by atoms with E-state index >= 15 is 0 Å². The summed E-state index contributed by atoms with van der Waals surface area (Å²) in [4.78, 5) is 0. The van der Waals surface area contributed by atoms with Crippen molar-refractivity contribution in [1.29, 1.82) is 0 Å². The first kappa shape index (κ1) is 13.1. The molecule has 2 aliphatic rings. The summed E-state index contributed by atoms with van der Waals surface area (Å²) >= 11 is 0. The van der Waals surface area contributed by atoms with Gasteiger partial charge in [0.15, 0.2) is 0 Å². The van der Waals surface area contributed by atoms with E-state index in [1.807, 2.05) is 7.11 Å². The predicted molar refractivity (Wildman–Crippen MR) is 74.0 cm³/mol. The SMILES string of the molecule is COCC1C2CCc3nnn(C(C)(C)C)c3CCC21. The van der Waals surface area contributed by atoms with Gasteiger partial charge in [-0.05, 0) is 64.2 Å². The molecule has 1 saturated carbocycles. The molecular formula is C15H25N3O. The van der Waals surface area contributed by atoms with Gasteiger partial charge in [0.25, 0.3) is 0 Å². The number of hydrogen-bond acceptors (Lipinski definition) is 3. The second-order valence-corrected chi connectivity index (χ2v) is 7.09. The highest BCUT2D eigenvalue weighted by Gasteiger charge is 2.49. The molecule has 2 aliphatic carbocycles. The minimum absolute atomic E-state index is 0.0364. The van der Waals surface area contributed by atoms with E-state index in [-0.39, 0.29) is 5.54 Å². The maximum absolute atomic E-state index is 5.34. The molecule has 19 heavy (non-hydrogen) atoms. The molecule has 0 aliphatic heterocycles. The van der Waals surface area contributed by atoms with Gasteiger partial charge >= 0.3 is 0 Å². The topological polar surface area (TPSA) is 39.9 Å². The summed E-state index contributed by atoms with van der Waals surface area (Å²) in [5.41, 5.74) is 2.64. The van der Waals surface area contributed by atoms with Crippen LogP contribution in [-0.4, -0.2) is 28.7 Å². The Bertz CT molecular complexity index is 460. The molecule has 0 saturated heterocycles. The van der Waals surface area contributed by atoms with Crippen LogP contribution in [0, 0.1) is 17.8 Å². The van der Waals surface area contributed by atoms with Crippen LogP contribution in [0.1, 0.15) is 45.0 Å². The van der Waals surface area contributed by atoms with Crippen LogP contribution in [0.5, 0.6) is 0 Å². The van der Waals surface area contributed by atoms with Crippen molar-refractivity contribution >= 4 is 0 Å². The van der Waals surface area contributed by atoms with E-state index in [0.29, 0.717) is 0 Å². The molecule has 4 nitrogen and oxygen atoms in total. The second-order valence-electron chi connectivity index (χ2n) is 7.09. The van der Waals surface area contributed by atoms with E-state index in [1.165, 1.54) is 24.2 Å². The minimum Gasteiger partial charge on any atom is -0.384 e. The Kier molecular flexibility index (Phi) is 3.16. The third-order valence-corrected chi connectivity index (χ3v) is 4.78. The van der Waals surface area contributed by atoms with Crippen LogP contribution in [0.3, 0.4) is 0 Å².